The molecule has 0 bridgehead atoms. The molecule has 0 aliphatic rings. The summed E-state index contributed by atoms with van der Waals surface area (Å²) in [7, 11) is 0. The number of benzene rings is 6. The zero-order chi connectivity index (χ0) is 29.4. The van der Waals surface area contributed by atoms with Crippen molar-refractivity contribution in [2.75, 3.05) is 4.90 Å². The fraction of sp³-hybridized carbons (Fsp3) is 0.0263. The Labute approximate surface area is 247 Å². The second-order valence-electron chi connectivity index (χ2n) is 10.3. The summed E-state index contributed by atoms with van der Waals surface area (Å²) in [5.74, 6) is 0.395. The number of aromatic nitrogens is 1. The van der Waals surface area contributed by atoms with Crippen molar-refractivity contribution in [2.45, 2.75) is 6.18 Å². The Morgan fingerprint density at radius 1 is 0.488 bits per heavy atom. The van der Waals surface area contributed by atoms with Gasteiger partial charge in [0.05, 0.1) is 11.3 Å². The van der Waals surface area contributed by atoms with Crippen LogP contribution in [0.4, 0.5) is 30.4 Å². The van der Waals surface area contributed by atoms with Crippen molar-refractivity contribution in [1.82, 2.24) is 4.98 Å². The topological polar surface area (TPSA) is 16.1 Å². The van der Waals surface area contributed by atoms with Crippen LogP contribution in [0.2, 0.25) is 0 Å². The molecule has 1 heterocycles. The van der Waals surface area contributed by atoms with E-state index < -0.39 is 11.7 Å². The first-order valence-electron chi connectivity index (χ1n) is 14.0. The van der Waals surface area contributed by atoms with Crippen LogP contribution < -0.4 is 4.90 Å². The largest absolute Gasteiger partial charge is 0.417 e. The highest BCUT2D eigenvalue weighted by atomic mass is 19.4. The number of hydrogen-bond acceptors (Lipinski definition) is 2. The molecule has 1 aromatic heterocycles. The van der Waals surface area contributed by atoms with Crippen molar-refractivity contribution in [2.24, 2.45) is 0 Å². The quantitative estimate of drug-likeness (QED) is 0.193. The van der Waals surface area contributed by atoms with Gasteiger partial charge >= 0.3 is 6.18 Å². The van der Waals surface area contributed by atoms with Gasteiger partial charge in [0.1, 0.15) is 5.82 Å². The molecule has 0 fully saturated rings. The summed E-state index contributed by atoms with van der Waals surface area (Å²) < 4.78 is 40.5. The fourth-order valence-electron chi connectivity index (χ4n) is 5.85. The Bertz CT molecular complexity index is 2000. The molecule has 2 nitrogen and oxygen atoms in total. The molecule has 0 N–H and O–H groups in total. The maximum Gasteiger partial charge on any atom is 0.417 e. The Morgan fingerprint density at radius 2 is 1.00 bits per heavy atom. The van der Waals surface area contributed by atoms with E-state index in [0.29, 0.717) is 5.82 Å². The zero-order valence-corrected chi connectivity index (χ0v) is 23.0. The summed E-state index contributed by atoms with van der Waals surface area (Å²) in [6.45, 7) is 0. The third-order valence-corrected chi connectivity index (χ3v) is 7.73. The molecule has 208 valence electrons. The van der Waals surface area contributed by atoms with Crippen molar-refractivity contribution in [3.05, 3.63) is 157 Å². The standard InChI is InChI=1S/C38H25F3N2/c39-38(40,41)27-23-24-35(42-25-27)43(28-15-5-2-6-16-28)37-33-21-11-9-19-31(33)36(32-20-10-12-22-34(32)37)30-18-8-7-17-29(30)26-13-3-1-4-14-26/h1-25H. The average Bonchev–Trinajstić information content (AvgIpc) is 3.05. The number of hydrogen-bond donors (Lipinski definition) is 0. The van der Waals surface area contributed by atoms with Crippen molar-refractivity contribution < 1.29 is 13.2 Å². The number of nitrogens with zero attached hydrogens (tertiary/aromatic N) is 2. The van der Waals surface area contributed by atoms with Gasteiger partial charge in [-0.1, -0.05) is 121 Å². The van der Waals surface area contributed by atoms with E-state index in [-0.39, 0.29) is 0 Å². The van der Waals surface area contributed by atoms with Gasteiger partial charge in [-0.2, -0.15) is 13.2 Å². The number of alkyl halides is 3. The molecule has 43 heavy (non-hydrogen) atoms. The highest BCUT2D eigenvalue weighted by Gasteiger charge is 2.31. The lowest BCUT2D eigenvalue weighted by Crippen LogP contribution is -2.14. The third kappa shape index (κ3) is 4.79. The van der Waals surface area contributed by atoms with E-state index in [1.165, 1.54) is 6.07 Å². The van der Waals surface area contributed by atoms with Crippen LogP contribution in [0.25, 0.3) is 43.8 Å². The molecule has 5 heteroatoms. The molecule has 0 atom stereocenters. The molecule has 6 aromatic carbocycles. The van der Waals surface area contributed by atoms with Crippen LogP contribution in [-0.4, -0.2) is 4.98 Å². The number of fused-ring (bicyclic) bond motifs is 2. The minimum atomic E-state index is -4.48. The molecule has 7 rings (SSSR count). The molecule has 7 aromatic rings. The highest BCUT2D eigenvalue weighted by molar-refractivity contribution is 6.23. The summed E-state index contributed by atoms with van der Waals surface area (Å²) in [4.78, 5) is 6.31. The average molecular weight is 567 g/mol. The number of para-hydroxylation sites is 1. The van der Waals surface area contributed by atoms with Crippen LogP contribution in [0, 0.1) is 0 Å². The second-order valence-corrected chi connectivity index (χ2v) is 10.3. The smallest absolute Gasteiger partial charge is 0.294 e. The molecule has 0 saturated carbocycles. The van der Waals surface area contributed by atoms with Gasteiger partial charge in [-0.15, -0.1) is 0 Å². The maximum atomic E-state index is 13.5. The van der Waals surface area contributed by atoms with E-state index in [1.54, 1.807) is 0 Å². The van der Waals surface area contributed by atoms with Crippen LogP contribution in [0.3, 0.4) is 0 Å². The normalized spacial score (nSPS) is 11.6. The molecule has 0 aliphatic carbocycles. The first-order valence-corrected chi connectivity index (χ1v) is 14.0. The highest BCUT2D eigenvalue weighted by Crippen LogP contribution is 2.49. The van der Waals surface area contributed by atoms with E-state index in [0.717, 1.165) is 67.4 Å². The predicted molar refractivity (Wildman–Crippen MR) is 170 cm³/mol. The number of pyridine rings is 1. The molecule has 0 amide bonds. The molecular formula is C38H25F3N2. The minimum absolute atomic E-state index is 0.395. The van der Waals surface area contributed by atoms with Crippen LogP contribution >= 0.6 is 0 Å². The van der Waals surface area contributed by atoms with Crippen LogP contribution in [0.5, 0.6) is 0 Å². The molecule has 0 radical (unpaired) electrons. The van der Waals surface area contributed by atoms with Gasteiger partial charge < -0.3 is 0 Å². The summed E-state index contributed by atoms with van der Waals surface area (Å²) in [5, 5.41) is 3.99. The number of halogens is 3. The Kier molecular flexibility index (Phi) is 6.63. The van der Waals surface area contributed by atoms with E-state index in [1.807, 2.05) is 77.7 Å². The van der Waals surface area contributed by atoms with Gasteiger partial charge in [0.15, 0.2) is 0 Å². The van der Waals surface area contributed by atoms with Gasteiger partial charge in [-0.3, -0.25) is 4.90 Å². The van der Waals surface area contributed by atoms with Gasteiger partial charge in [0.2, 0.25) is 0 Å². The van der Waals surface area contributed by atoms with Crippen molar-refractivity contribution in [3.8, 4) is 22.3 Å². The Hall–Kier alpha value is -5.42. The van der Waals surface area contributed by atoms with Gasteiger partial charge in [-0.05, 0) is 57.3 Å². The maximum absolute atomic E-state index is 13.5. The first-order chi connectivity index (χ1) is 21.0. The van der Waals surface area contributed by atoms with E-state index >= 15 is 0 Å². The molecular weight excluding hydrogens is 541 g/mol. The molecule has 0 spiro atoms. The SMILES string of the molecule is FC(F)(F)c1ccc(N(c2ccccc2)c2c3ccccc3c(-c3ccccc3-c3ccccc3)c3ccccc23)nc1. The zero-order valence-electron chi connectivity index (χ0n) is 23.0. The monoisotopic (exact) mass is 566 g/mol. The summed E-state index contributed by atoms with van der Waals surface area (Å²) in [6.07, 6.45) is -3.57. The van der Waals surface area contributed by atoms with Crippen molar-refractivity contribution >= 4 is 38.7 Å². The van der Waals surface area contributed by atoms with Crippen molar-refractivity contribution in [1.29, 1.82) is 0 Å². The lowest BCUT2D eigenvalue weighted by molar-refractivity contribution is -0.137. The van der Waals surface area contributed by atoms with Crippen LogP contribution in [0.1, 0.15) is 5.56 Å². The lowest BCUT2D eigenvalue weighted by Gasteiger charge is -2.29. The summed E-state index contributed by atoms with van der Waals surface area (Å²) in [5.41, 5.74) is 5.31. The van der Waals surface area contributed by atoms with E-state index in [9.17, 15) is 13.2 Å². The summed E-state index contributed by atoms with van der Waals surface area (Å²) >= 11 is 0. The van der Waals surface area contributed by atoms with Gasteiger partial charge in [0.25, 0.3) is 0 Å². The number of anilines is 3. The van der Waals surface area contributed by atoms with E-state index in [2.05, 4.69) is 65.6 Å². The third-order valence-electron chi connectivity index (χ3n) is 7.73. The number of rotatable bonds is 5. The minimum Gasteiger partial charge on any atom is -0.294 e. The summed E-state index contributed by atoms with van der Waals surface area (Å²) in [6, 6.07) is 47.3. The van der Waals surface area contributed by atoms with Gasteiger partial charge in [-0.25, -0.2) is 4.98 Å². The van der Waals surface area contributed by atoms with E-state index in [4.69, 9.17) is 0 Å². The van der Waals surface area contributed by atoms with Crippen molar-refractivity contribution in [3.63, 3.8) is 0 Å². The molecule has 0 unspecified atom stereocenters. The first kappa shape index (κ1) is 26.5. The van der Waals surface area contributed by atoms with Gasteiger partial charge in [0, 0.05) is 22.7 Å². The second kappa shape index (κ2) is 10.8. The van der Waals surface area contributed by atoms with Crippen LogP contribution in [0.15, 0.2) is 152 Å². The Morgan fingerprint density at radius 3 is 1.56 bits per heavy atom. The Balaban J connectivity index is 1.57. The lowest BCUT2D eigenvalue weighted by atomic mass is 9.86. The molecule has 0 saturated heterocycles. The fourth-order valence-corrected chi connectivity index (χ4v) is 5.85. The van der Waals surface area contributed by atoms with Crippen LogP contribution in [-0.2, 0) is 6.18 Å². The predicted octanol–water partition coefficient (Wildman–Crippen LogP) is 11.2. The molecule has 0 aliphatic heterocycles.